The first kappa shape index (κ1) is 6.19. The lowest BCUT2D eigenvalue weighted by atomic mass is 10.3. The van der Waals surface area contributed by atoms with Crippen molar-refractivity contribution in [1.29, 1.82) is 0 Å². The summed E-state index contributed by atoms with van der Waals surface area (Å²) in [5.74, 6) is -0.968. The largest absolute Gasteiger partial charge is 0.326 e. The van der Waals surface area contributed by atoms with Crippen LogP contribution in [0.2, 0.25) is 0 Å². The first-order valence-corrected chi connectivity index (χ1v) is 2.28. The highest BCUT2D eigenvalue weighted by Gasteiger charge is 2.27. The van der Waals surface area contributed by atoms with E-state index in [4.69, 9.17) is 16.0 Å². The van der Waals surface area contributed by atoms with E-state index < -0.39 is 11.8 Å². The van der Waals surface area contributed by atoms with E-state index in [9.17, 15) is 9.59 Å². The fourth-order valence-corrected chi connectivity index (χ4v) is 0.532. The van der Waals surface area contributed by atoms with Crippen LogP contribution in [-0.4, -0.2) is 37.6 Å². The van der Waals surface area contributed by atoms with E-state index in [1.165, 1.54) is 0 Å². The van der Waals surface area contributed by atoms with Crippen molar-refractivity contribution >= 4 is 27.8 Å². The molecule has 4 radical (unpaired) electrons. The van der Waals surface area contributed by atoms with Gasteiger partial charge in [-0.05, 0) is 0 Å². The van der Waals surface area contributed by atoms with Crippen molar-refractivity contribution in [3.8, 4) is 0 Å². The predicted molar refractivity (Wildman–Crippen MR) is 29.8 cm³/mol. The van der Waals surface area contributed by atoms with E-state index in [-0.39, 0.29) is 6.42 Å². The van der Waals surface area contributed by atoms with Crippen LogP contribution in [-0.2, 0) is 9.59 Å². The van der Waals surface area contributed by atoms with E-state index in [1.54, 1.807) is 0 Å². The van der Waals surface area contributed by atoms with Gasteiger partial charge in [-0.2, -0.15) is 0 Å². The standard InChI is InChI=1S/C3H2B2N2O2/c4-6-2(8)1-3(9)7(6)5/h1H2. The number of nitrogens with zero attached hydrogens (tertiary/aromatic N) is 2. The number of rotatable bonds is 0. The minimum absolute atomic E-state index is 0.229. The molecule has 42 valence electrons. The van der Waals surface area contributed by atoms with Gasteiger partial charge < -0.3 is 9.84 Å². The summed E-state index contributed by atoms with van der Waals surface area (Å²) in [7, 11) is 9.95. The molecule has 1 saturated heterocycles. The van der Waals surface area contributed by atoms with E-state index >= 15 is 0 Å². The van der Waals surface area contributed by atoms with Gasteiger partial charge in [0, 0.05) is 0 Å². The monoisotopic (exact) mass is 120 g/mol. The Balaban J connectivity index is 2.77. The lowest BCUT2D eigenvalue weighted by Crippen LogP contribution is -2.36. The van der Waals surface area contributed by atoms with Crippen LogP contribution in [0.25, 0.3) is 0 Å². The molecule has 1 fully saturated rings. The molecule has 4 nitrogen and oxygen atoms in total. The summed E-state index contributed by atoms with van der Waals surface area (Å²) >= 11 is 0. The first-order chi connectivity index (χ1) is 4.13. The van der Waals surface area contributed by atoms with Gasteiger partial charge in [0.05, 0.1) is 0 Å². The number of hydrazine groups is 1. The number of carbonyl (C=O) groups excluding carboxylic acids is 2. The van der Waals surface area contributed by atoms with Crippen molar-refractivity contribution in [2.75, 3.05) is 0 Å². The molecular formula is C3H2B2N2O2. The Morgan fingerprint density at radius 2 is 1.44 bits per heavy atom. The molecule has 1 aliphatic rings. The number of hydrogen-bond acceptors (Lipinski definition) is 2. The highest BCUT2D eigenvalue weighted by atomic mass is 16.2. The molecule has 0 aromatic rings. The summed E-state index contributed by atoms with van der Waals surface area (Å²) in [5.41, 5.74) is 0. The summed E-state index contributed by atoms with van der Waals surface area (Å²) < 4.78 is 0. The van der Waals surface area contributed by atoms with Gasteiger partial charge in [-0.25, -0.2) is 0 Å². The molecule has 1 heterocycles. The molecule has 6 heteroatoms. The second-order valence-corrected chi connectivity index (χ2v) is 1.65. The summed E-state index contributed by atoms with van der Waals surface area (Å²) in [6.07, 6.45) is -0.229. The summed E-state index contributed by atoms with van der Waals surface area (Å²) in [6.45, 7) is 0. The summed E-state index contributed by atoms with van der Waals surface area (Å²) in [6, 6.07) is 0. The molecular weight excluding hydrogens is 118 g/mol. The Bertz CT molecular complexity index is 153. The quantitative estimate of drug-likeness (QED) is 0.277. The molecule has 0 aromatic heterocycles. The lowest BCUT2D eigenvalue weighted by molar-refractivity contribution is -0.129. The molecule has 0 aliphatic carbocycles. The topological polar surface area (TPSA) is 40.6 Å². The van der Waals surface area contributed by atoms with Crippen LogP contribution in [0.4, 0.5) is 0 Å². The SMILES string of the molecule is [B]N1C(=O)CC(=O)N1[B]. The highest BCUT2D eigenvalue weighted by Crippen LogP contribution is 2.05. The normalized spacial score (nSPS) is 19.6. The number of carbonyl (C=O) groups is 2. The maximum Gasteiger partial charge on any atom is 0.264 e. The smallest absolute Gasteiger partial charge is 0.264 e. The fraction of sp³-hybridized carbons (Fsp3) is 0.333. The molecule has 0 spiro atoms. The second-order valence-electron chi connectivity index (χ2n) is 1.65. The van der Waals surface area contributed by atoms with Crippen LogP contribution < -0.4 is 0 Å². The van der Waals surface area contributed by atoms with Crippen molar-refractivity contribution < 1.29 is 9.59 Å². The Morgan fingerprint density at radius 3 is 1.56 bits per heavy atom. The Hall–Kier alpha value is -0.930. The van der Waals surface area contributed by atoms with Crippen LogP contribution >= 0.6 is 0 Å². The maximum absolute atomic E-state index is 10.5. The predicted octanol–water partition coefficient (Wildman–Crippen LogP) is -1.87. The maximum atomic E-state index is 10.5. The van der Waals surface area contributed by atoms with Gasteiger partial charge in [0.2, 0.25) is 11.8 Å². The Labute approximate surface area is 54.6 Å². The molecule has 1 rings (SSSR count). The van der Waals surface area contributed by atoms with E-state index in [2.05, 4.69) is 0 Å². The van der Waals surface area contributed by atoms with Gasteiger partial charge in [-0.15, -0.1) is 0 Å². The van der Waals surface area contributed by atoms with Crippen LogP contribution in [0.5, 0.6) is 0 Å². The molecule has 2 amide bonds. The number of hydrogen-bond donors (Lipinski definition) is 0. The first-order valence-electron chi connectivity index (χ1n) is 2.28. The number of amides is 2. The average molecular weight is 120 g/mol. The Kier molecular flexibility index (Phi) is 1.23. The third kappa shape index (κ3) is 0.800. The van der Waals surface area contributed by atoms with Gasteiger partial charge in [-0.3, -0.25) is 9.59 Å². The van der Waals surface area contributed by atoms with Gasteiger partial charge >= 0.3 is 0 Å². The van der Waals surface area contributed by atoms with E-state index in [0.29, 0.717) is 9.84 Å². The summed E-state index contributed by atoms with van der Waals surface area (Å²) in [4.78, 5) is 22.1. The molecule has 9 heavy (non-hydrogen) atoms. The molecule has 0 N–H and O–H groups in total. The average Bonchev–Trinajstić information content (AvgIpc) is 1.98. The van der Waals surface area contributed by atoms with Crippen molar-refractivity contribution in [3.63, 3.8) is 0 Å². The van der Waals surface area contributed by atoms with Gasteiger partial charge in [0.1, 0.15) is 6.42 Å². The molecule has 0 atom stereocenters. The van der Waals surface area contributed by atoms with Crippen LogP contribution in [0.1, 0.15) is 6.42 Å². The zero-order valence-electron chi connectivity index (χ0n) is 4.57. The van der Waals surface area contributed by atoms with Gasteiger partial charge in [0.25, 0.3) is 16.0 Å². The highest BCUT2D eigenvalue weighted by molar-refractivity contribution is 6.28. The van der Waals surface area contributed by atoms with Crippen molar-refractivity contribution in [1.82, 2.24) is 9.84 Å². The van der Waals surface area contributed by atoms with Gasteiger partial charge in [-0.1, -0.05) is 0 Å². The van der Waals surface area contributed by atoms with Gasteiger partial charge in [0.15, 0.2) is 0 Å². The minimum atomic E-state index is -0.484. The summed E-state index contributed by atoms with van der Waals surface area (Å²) in [5, 5.41) is 0. The molecule has 1 aliphatic heterocycles. The Morgan fingerprint density at radius 1 is 1.11 bits per heavy atom. The third-order valence-corrected chi connectivity index (χ3v) is 1.05. The van der Waals surface area contributed by atoms with E-state index in [1.807, 2.05) is 0 Å². The molecule has 0 bridgehead atoms. The van der Waals surface area contributed by atoms with Crippen LogP contribution in [0.3, 0.4) is 0 Å². The molecule has 0 aromatic carbocycles. The zero-order chi connectivity index (χ0) is 7.02. The second kappa shape index (κ2) is 1.79. The van der Waals surface area contributed by atoms with Crippen molar-refractivity contribution in [3.05, 3.63) is 0 Å². The minimum Gasteiger partial charge on any atom is -0.326 e. The van der Waals surface area contributed by atoms with E-state index in [0.717, 1.165) is 0 Å². The van der Waals surface area contributed by atoms with Crippen molar-refractivity contribution in [2.24, 2.45) is 0 Å². The van der Waals surface area contributed by atoms with Crippen LogP contribution in [0.15, 0.2) is 0 Å². The molecule has 0 unspecified atom stereocenters. The fourth-order valence-electron chi connectivity index (χ4n) is 0.532. The van der Waals surface area contributed by atoms with Crippen molar-refractivity contribution in [2.45, 2.75) is 6.42 Å². The lowest BCUT2D eigenvalue weighted by Gasteiger charge is -2.19. The molecule has 0 saturated carbocycles. The third-order valence-electron chi connectivity index (χ3n) is 1.05. The zero-order valence-corrected chi connectivity index (χ0v) is 4.57. The van der Waals surface area contributed by atoms with Crippen LogP contribution in [0, 0.1) is 0 Å².